The van der Waals surface area contributed by atoms with Gasteiger partial charge in [0.1, 0.15) is 0 Å². The Morgan fingerprint density at radius 1 is 0.850 bits per heavy atom. The van der Waals surface area contributed by atoms with Crippen LogP contribution in [0.5, 0.6) is 0 Å². The van der Waals surface area contributed by atoms with Crippen molar-refractivity contribution in [2.24, 2.45) is 17.8 Å². The van der Waals surface area contributed by atoms with Crippen molar-refractivity contribution in [2.45, 2.75) is 131 Å². The molecule has 0 aliphatic carbocycles. The van der Waals surface area contributed by atoms with Crippen molar-refractivity contribution >= 4 is 16.6 Å². The molecule has 1 aromatic carbocycles. The van der Waals surface area contributed by atoms with E-state index in [1.54, 1.807) is 0 Å². The van der Waals surface area contributed by atoms with Crippen LogP contribution in [0.25, 0.3) is 0 Å². The number of hydrogen-bond acceptors (Lipinski definition) is 4. The first-order chi connectivity index (χ1) is 18.2. The fourth-order valence-corrected chi connectivity index (χ4v) is 7.13. The Morgan fingerprint density at radius 3 is 1.90 bits per heavy atom. The van der Waals surface area contributed by atoms with Crippen LogP contribution in [0.1, 0.15) is 81.2 Å². The van der Waals surface area contributed by atoms with E-state index >= 15 is 0 Å². The predicted molar refractivity (Wildman–Crippen MR) is 178 cm³/mol. The fourth-order valence-electron chi connectivity index (χ4n) is 4.61. The number of allylic oxidation sites excluding steroid dienone is 1. The molecule has 0 fully saturated rings. The Balaban J connectivity index is 2.98. The highest BCUT2D eigenvalue weighted by Gasteiger charge is 2.42. The fraction of sp³-hybridized carbons (Fsp3) is 0.765. The lowest BCUT2D eigenvalue weighted by Gasteiger charge is -2.42. The highest BCUT2D eigenvalue weighted by molar-refractivity contribution is 6.74. The number of benzene rings is 1. The number of hydrogen-bond donors (Lipinski definition) is 0. The van der Waals surface area contributed by atoms with Gasteiger partial charge in [0, 0.05) is 19.6 Å². The summed E-state index contributed by atoms with van der Waals surface area (Å²) in [6.45, 7) is 34.2. The zero-order chi connectivity index (χ0) is 30.9. The average molecular weight is 593 g/mol. The molecule has 5 atom stereocenters. The predicted octanol–water partition coefficient (Wildman–Crippen LogP) is 9.88. The number of methoxy groups -OCH3 is 1. The van der Waals surface area contributed by atoms with Gasteiger partial charge in [0.05, 0.1) is 25.4 Å². The molecule has 0 aromatic heterocycles. The molecule has 4 nitrogen and oxygen atoms in total. The van der Waals surface area contributed by atoms with Gasteiger partial charge < -0.3 is 18.3 Å². The summed E-state index contributed by atoms with van der Waals surface area (Å²) in [5.41, 5.74) is 2.45. The Morgan fingerprint density at radius 2 is 1.40 bits per heavy atom. The molecule has 40 heavy (non-hydrogen) atoms. The molecule has 0 aliphatic rings. The average Bonchev–Trinajstić information content (AvgIpc) is 2.81. The molecule has 0 bridgehead atoms. The maximum atomic E-state index is 6.99. The molecule has 0 unspecified atom stereocenters. The normalized spacial score (nSPS) is 17.8. The molecule has 0 amide bonds. The van der Waals surface area contributed by atoms with E-state index in [2.05, 4.69) is 126 Å². The molecular weight excluding hydrogens is 529 g/mol. The van der Waals surface area contributed by atoms with Crippen LogP contribution in [-0.2, 0) is 24.9 Å². The standard InChI is InChI=1S/C34H64O4Si2/c1-26(21-27(2)23-37-39(12,13)33(5,6)7)22-28(3)32(35-11)29(4)31(38-40(14,15)34(8,9)10)25-36-24-30-19-17-16-18-20-30/h16-20,22,26-27,29,31-32H,21,23-25H2,1-15H3/b28-22+/t26-,27+,29+,31-,32-/m1/s1. The second-order valence-electron chi connectivity index (χ2n) is 15.2. The minimum atomic E-state index is -2.01. The molecule has 0 saturated heterocycles. The van der Waals surface area contributed by atoms with Crippen LogP contribution >= 0.6 is 0 Å². The minimum Gasteiger partial charge on any atom is -0.417 e. The molecule has 0 N–H and O–H groups in total. The third-order valence-electron chi connectivity index (χ3n) is 9.27. The zero-order valence-electron chi connectivity index (χ0n) is 28.8. The van der Waals surface area contributed by atoms with Crippen LogP contribution in [0.2, 0.25) is 36.3 Å². The molecular formula is C34H64O4Si2. The molecule has 1 rings (SSSR count). The van der Waals surface area contributed by atoms with E-state index in [0.29, 0.717) is 25.0 Å². The maximum Gasteiger partial charge on any atom is 0.192 e. The van der Waals surface area contributed by atoms with Crippen molar-refractivity contribution in [1.82, 2.24) is 0 Å². The molecule has 0 saturated carbocycles. The summed E-state index contributed by atoms with van der Waals surface area (Å²) in [6, 6.07) is 10.4. The minimum absolute atomic E-state index is 0.0312. The second-order valence-corrected chi connectivity index (χ2v) is 24.8. The van der Waals surface area contributed by atoms with E-state index in [4.69, 9.17) is 18.3 Å². The summed E-state index contributed by atoms with van der Waals surface area (Å²) in [4.78, 5) is 0. The van der Waals surface area contributed by atoms with Crippen molar-refractivity contribution in [1.29, 1.82) is 0 Å². The molecule has 0 heterocycles. The van der Waals surface area contributed by atoms with Gasteiger partial charge in [-0.3, -0.25) is 0 Å². The lowest BCUT2D eigenvalue weighted by molar-refractivity contribution is -0.0312. The molecule has 0 radical (unpaired) electrons. The van der Waals surface area contributed by atoms with Gasteiger partial charge >= 0.3 is 0 Å². The summed E-state index contributed by atoms with van der Waals surface area (Å²) in [5, 5.41) is 0.361. The topological polar surface area (TPSA) is 36.9 Å². The van der Waals surface area contributed by atoms with Crippen molar-refractivity contribution < 1.29 is 18.3 Å². The maximum absolute atomic E-state index is 6.99. The SMILES string of the molecule is CO[C@H](/C(C)=C/[C@H](C)C[C@H](C)CO[Si](C)(C)C(C)(C)C)[C@@H](C)[C@@H](COCc1ccccc1)O[Si](C)(C)C(C)(C)C. The third kappa shape index (κ3) is 11.8. The summed E-state index contributed by atoms with van der Waals surface area (Å²) >= 11 is 0. The van der Waals surface area contributed by atoms with Crippen LogP contribution in [0.4, 0.5) is 0 Å². The Kier molecular flexibility index (Phi) is 14.6. The first-order valence-corrected chi connectivity index (χ1v) is 21.2. The second kappa shape index (κ2) is 15.6. The van der Waals surface area contributed by atoms with Crippen molar-refractivity contribution in [3.63, 3.8) is 0 Å². The molecule has 6 heteroatoms. The van der Waals surface area contributed by atoms with E-state index in [0.717, 1.165) is 13.0 Å². The van der Waals surface area contributed by atoms with Crippen LogP contribution in [0.3, 0.4) is 0 Å². The third-order valence-corrected chi connectivity index (χ3v) is 18.3. The van der Waals surface area contributed by atoms with Crippen LogP contribution in [0.15, 0.2) is 42.0 Å². The lowest BCUT2D eigenvalue weighted by Crippen LogP contribution is -2.49. The van der Waals surface area contributed by atoms with Gasteiger partial charge in [0.2, 0.25) is 0 Å². The number of rotatable bonds is 16. The van der Waals surface area contributed by atoms with Gasteiger partial charge in [-0.2, -0.15) is 0 Å². The Hall–Kier alpha value is -0.766. The van der Waals surface area contributed by atoms with Gasteiger partial charge in [0.25, 0.3) is 0 Å². The smallest absolute Gasteiger partial charge is 0.192 e. The van der Waals surface area contributed by atoms with E-state index in [1.165, 1.54) is 11.1 Å². The van der Waals surface area contributed by atoms with Gasteiger partial charge in [-0.05, 0) is 72.6 Å². The van der Waals surface area contributed by atoms with Crippen molar-refractivity contribution in [3.05, 3.63) is 47.5 Å². The molecule has 1 aromatic rings. The molecule has 0 aliphatic heterocycles. The lowest BCUT2D eigenvalue weighted by atomic mass is 9.89. The van der Waals surface area contributed by atoms with E-state index < -0.39 is 16.6 Å². The first kappa shape index (κ1) is 37.3. The van der Waals surface area contributed by atoms with Crippen LogP contribution in [-0.4, -0.2) is 49.2 Å². The monoisotopic (exact) mass is 592 g/mol. The van der Waals surface area contributed by atoms with E-state index in [9.17, 15) is 0 Å². The van der Waals surface area contributed by atoms with Crippen LogP contribution in [0, 0.1) is 17.8 Å². The summed E-state index contributed by atoms with van der Waals surface area (Å²) in [6.07, 6.45) is 3.42. The zero-order valence-corrected chi connectivity index (χ0v) is 30.8. The summed E-state index contributed by atoms with van der Waals surface area (Å²) in [5.74, 6) is 1.10. The highest BCUT2D eigenvalue weighted by atomic mass is 28.4. The van der Waals surface area contributed by atoms with Gasteiger partial charge in [-0.25, -0.2) is 0 Å². The Bertz CT molecular complexity index is 883. The van der Waals surface area contributed by atoms with Crippen molar-refractivity contribution in [2.75, 3.05) is 20.3 Å². The first-order valence-electron chi connectivity index (χ1n) is 15.4. The quantitative estimate of drug-likeness (QED) is 0.141. The molecule has 232 valence electrons. The number of ether oxygens (including phenoxy) is 2. The van der Waals surface area contributed by atoms with Gasteiger partial charge in [-0.1, -0.05) is 98.7 Å². The van der Waals surface area contributed by atoms with Crippen LogP contribution < -0.4 is 0 Å². The van der Waals surface area contributed by atoms with E-state index in [1.807, 2.05) is 13.2 Å². The van der Waals surface area contributed by atoms with Gasteiger partial charge in [-0.15, -0.1) is 0 Å². The molecule has 0 spiro atoms. The largest absolute Gasteiger partial charge is 0.417 e. The van der Waals surface area contributed by atoms with E-state index in [-0.39, 0.29) is 28.2 Å². The van der Waals surface area contributed by atoms with Gasteiger partial charge in [0.15, 0.2) is 16.6 Å². The Labute approximate surface area is 250 Å². The summed E-state index contributed by atoms with van der Waals surface area (Å²) in [7, 11) is -1.91. The summed E-state index contributed by atoms with van der Waals surface area (Å²) < 4.78 is 25.9. The van der Waals surface area contributed by atoms with Crippen molar-refractivity contribution in [3.8, 4) is 0 Å². The highest BCUT2D eigenvalue weighted by Crippen LogP contribution is 2.39.